The van der Waals surface area contributed by atoms with Crippen LogP contribution in [0, 0.1) is 0 Å². The number of alkyl halides is 1. The molecule has 0 amide bonds. The first kappa shape index (κ1) is 9.09. The molecule has 0 aromatic carbocycles. The van der Waals surface area contributed by atoms with Crippen LogP contribution >= 0.6 is 11.3 Å². The molecule has 2 nitrogen and oxygen atoms in total. The zero-order valence-corrected chi connectivity index (χ0v) is 8.70. The maximum atomic E-state index is 13.6. The van der Waals surface area contributed by atoms with Crippen LogP contribution in [0.5, 0.6) is 0 Å². The minimum atomic E-state index is -0.986. The molecule has 2 rings (SSSR count). The van der Waals surface area contributed by atoms with Gasteiger partial charge in [-0.2, -0.15) is 0 Å². The lowest BCUT2D eigenvalue weighted by Gasteiger charge is -2.25. The summed E-state index contributed by atoms with van der Waals surface area (Å²) in [6.45, 7) is 2.86. The Hall–Kier alpha value is -0.480. The third-order valence-corrected chi connectivity index (χ3v) is 3.65. The highest BCUT2D eigenvalue weighted by Gasteiger charge is 2.27. The van der Waals surface area contributed by atoms with Crippen molar-refractivity contribution in [2.45, 2.75) is 26.1 Å². The van der Waals surface area contributed by atoms with Crippen molar-refractivity contribution in [3.05, 3.63) is 15.6 Å². The van der Waals surface area contributed by atoms with Gasteiger partial charge in [-0.25, -0.2) is 9.37 Å². The van der Waals surface area contributed by atoms with Crippen LogP contribution in [0.25, 0.3) is 0 Å². The molecule has 1 aromatic heterocycles. The third kappa shape index (κ3) is 1.48. The number of hydrogen-bond acceptors (Lipinski definition) is 3. The van der Waals surface area contributed by atoms with Gasteiger partial charge in [0.15, 0.2) is 6.30 Å². The molecule has 0 fully saturated rings. The molecule has 0 saturated carbocycles. The Kier molecular flexibility index (Phi) is 2.34. The summed E-state index contributed by atoms with van der Waals surface area (Å²) in [6, 6.07) is 0. The van der Waals surface area contributed by atoms with Crippen molar-refractivity contribution in [2.75, 3.05) is 13.6 Å². The molecule has 1 aromatic rings. The van der Waals surface area contributed by atoms with Crippen LogP contribution in [0.15, 0.2) is 0 Å². The minimum absolute atomic E-state index is 0.663. The van der Waals surface area contributed by atoms with E-state index in [-0.39, 0.29) is 0 Å². The summed E-state index contributed by atoms with van der Waals surface area (Å²) in [5.74, 6) is 0. The molecule has 1 unspecified atom stereocenters. The molecule has 0 N–H and O–H groups in total. The molecule has 13 heavy (non-hydrogen) atoms. The number of thiazole rings is 1. The number of aryl methyl sites for hydroxylation is 1. The fraction of sp³-hybridized carbons (Fsp3) is 0.667. The van der Waals surface area contributed by atoms with E-state index >= 15 is 0 Å². The van der Waals surface area contributed by atoms with Crippen molar-refractivity contribution in [3.8, 4) is 0 Å². The normalized spacial score (nSPS) is 23.2. The average molecular weight is 200 g/mol. The molecule has 1 aliphatic rings. The van der Waals surface area contributed by atoms with Gasteiger partial charge < -0.3 is 0 Å². The van der Waals surface area contributed by atoms with E-state index in [2.05, 4.69) is 11.9 Å². The molecule has 2 heterocycles. The molecule has 0 radical (unpaired) electrons. The Morgan fingerprint density at radius 1 is 1.69 bits per heavy atom. The molecule has 1 aliphatic heterocycles. The summed E-state index contributed by atoms with van der Waals surface area (Å²) >= 11 is 1.66. The van der Waals surface area contributed by atoms with Gasteiger partial charge in [0.25, 0.3) is 0 Å². The van der Waals surface area contributed by atoms with E-state index in [1.807, 2.05) is 0 Å². The second-order valence-electron chi connectivity index (χ2n) is 3.34. The summed E-state index contributed by atoms with van der Waals surface area (Å²) in [5.41, 5.74) is 0.663. The predicted molar refractivity (Wildman–Crippen MR) is 51.7 cm³/mol. The zero-order chi connectivity index (χ0) is 9.42. The van der Waals surface area contributed by atoms with Gasteiger partial charge in [0.2, 0.25) is 0 Å². The van der Waals surface area contributed by atoms with Gasteiger partial charge in [-0.15, -0.1) is 11.3 Å². The van der Waals surface area contributed by atoms with Crippen LogP contribution in [-0.2, 0) is 12.8 Å². The number of nitrogens with zero attached hydrogens (tertiary/aromatic N) is 2. The van der Waals surface area contributed by atoms with Crippen molar-refractivity contribution >= 4 is 11.3 Å². The first-order valence-corrected chi connectivity index (χ1v) is 5.36. The highest BCUT2D eigenvalue weighted by Crippen LogP contribution is 2.32. The van der Waals surface area contributed by atoms with E-state index in [4.69, 9.17) is 0 Å². The van der Waals surface area contributed by atoms with Crippen molar-refractivity contribution in [2.24, 2.45) is 0 Å². The number of likely N-dealkylation sites (N-methyl/N-ethyl adjacent to an activating group) is 1. The maximum absolute atomic E-state index is 13.6. The van der Waals surface area contributed by atoms with Crippen LogP contribution in [0.2, 0.25) is 0 Å². The van der Waals surface area contributed by atoms with E-state index < -0.39 is 6.30 Å². The minimum Gasteiger partial charge on any atom is -0.272 e. The van der Waals surface area contributed by atoms with E-state index in [1.54, 1.807) is 23.3 Å². The van der Waals surface area contributed by atoms with E-state index in [0.29, 0.717) is 5.69 Å². The lowest BCUT2D eigenvalue weighted by atomic mass is 10.2. The molecule has 72 valence electrons. The van der Waals surface area contributed by atoms with Gasteiger partial charge in [0.05, 0.1) is 5.01 Å². The van der Waals surface area contributed by atoms with Crippen molar-refractivity contribution in [1.82, 2.24) is 9.88 Å². The molecule has 0 saturated heterocycles. The SMILES string of the molecule is CCc1nc2c(s1)CCN(C)C2F. The lowest BCUT2D eigenvalue weighted by Crippen LogP contribution is -2.29. The van der Waals surface area contributed by atoms with Crippen LogP contribution in [0.1, 0.15) is 28.8 Å². The fourth-order valence-corrected chi connectivity index (χ4v) is 2.54. The number of hydrogen-bond donors (Lipinski definition) is 0. The second kappa shape index (κ2) is 3.35. The second-order valence-corrected chi connectivity index (χ2v) is 4.50. The lowest BCUT2D eigenvalue weighted by molar-refractivity contribution is 0.0968. The Morgan fingerprint density at radius 2 is 2.46 bits per heavy atom. The van der Waals surface area contributed by atoms with Crippen molar-refractivity contribution in [1.29, 1.82) is 0 Å². The molecular weight excluding hydrogens is 187 g/mol. The molecule has 0 spiro atoms. The molecular formula is C9H13FN2S. The summed E-state index contributed by atoms with van der Waals surface area (Å²) < 4.78 is 13.6. The number of fused-ring (bicyclic) bond motifs is 1. The summed E-state index contributed by atoms with van der Waals surface area (Å²) in [5, 5.41) is 1.06. The van der Waals surface area contributed by atoms with Gasteiger partial charge in [-0.1, -0.05) is 6.92 Å². The van der Waals surface area contributed by atoms with Gasteiger partial charge in [-0.3, -0.25) is 4.90 Å². The standard InChI is InChI=1S/C9H13FN2S/c1-3-7-11-8-6(13-7)4-5-12(2)9(8)10/h9H,3-5H2,1-2H3. The molecule has 1 atom stereocenters. The van der Waals surface area contributed by atoms with Gasteiger partial charge in [0.1, 0.15) is 5.69 Å². The van der Waals surface area contributed by atoms with Crippen LogP contribution < -0.4 is 0 Å². The van der Waals surface area contributed by atoms with Crippen LogP contribution in [-0.4, -0.2) is 23.5 Å². The first-order chi connectivity index (χ1) is 6.22. The highest BCUT2D eigenvalue weighted by atomic mass is 32.1. The van der Waals surface area contributed by atoms with E-state index in [9.17, 15) is 4.39 Å². The average Bonchev–Trinajstić information content (AvgIpc) is 2.55. The quantitative estimate of drug-likeness (QED) is 0.646. The number of aromatic nitrogens is 1. The van der Waals surface area contributed by atoms with Crippen LogP contribution in [0.3, 0.4) is 0 Å². The smallest absolute Gasteiger partial charge is 0.197 e. The largest absolute Gasteiger partial charge is 0.272 e. The number of rotatable bonds is 1. The molecule has 4 heteroatoms. The Labute approximate surface area is 81.4 Å². The molecule has 0 aliphatic carbocycles. The fourth-order valence-electron chi connectivity index (χ4n) is 1.53. The summed E-state index contributed by atoms with van der Waals surface area (Å²) in [7, 11) is 1.80. The maximum Gasteiger partial charge on any atom is 0.197 e. The predicted octanol–water partition coefficient (Wildman–Crippen LogP) is 2.16. The van der Waals surface area contributed by atoms with Crippen LogP contribution in [0.4, 0.5) is 4.39 Å². The van der Waals surface area contributed by atoms with E-state index in [1.165, 1.54) is 0 Å². The zero-order valence-electron chi connectivity index (χ0n) is 7.88. The van der Waals surface area contributed by atoms with Gasteiger partial charge >= 0.3 is 0 Å². The van der Waals surface area contributed by atoms with Crippen molar-refractivity contribution in [3.63, 3.8) is 0 Å². The van der Waals surface area contributed by atoms with Crippen molar-refractivity contribution < 1.29 is 4.39 Å². The molecule has 0 bridgehead atoms. The topological polar surface area (TPSA) is 16.1 Å². The Morgan fingerprint density at radius 3 is 3.15 bits per heavy atom. The monoisotopic (exact) mass is 200 g/mol. The highest BCUT2D eigenvalue weighted by molar-refractivity contribution is 7.11. The van der Waals surface area contributed by atoms with E-state index in [0.717, 1.165) is 29.3 Å². The summed E-state index contributed by atoms with van der Waals surface area (Å²) in [4.78, 5) is 7.15. The Balaban J connectivity index is 2.36. The Bertz CT molecular complexity index is 311. The number of halogens is 1. The van der Waals surface area contributed by atoms with Gasteiger partial charge in [0, 0.05) is 11.4 Å². The summed E-state index contributed by atoms with van der Waals surface area (Å²) in [6.07, 6.45) is 0.873. The first-order valence-electron chi connectivity index (χ1n) is 4.55. The van der Waals surface area contributed by atoms with Gasteiger partial charge in [-0.05, 0) is 19.9 Å². The third-order valence-electron chi connectivity index (χ3n) is 2.38.